The molecule has 0 amide bonds. The van der Waals surface area contributed by atoms with Crippen LogP contribution in [0.1, 0.15) is 51.8 Å². The van der Waals surface area contributed by atoms with Crippen LogP contribution in [0, 0.1) is 0 Å². The van der Waals surface area contributed by atoms with E-state index < -0.39 is 12.0 Å². The van der Waals surface area contributed by atoms with E-state index in [1.807, 2.05) is 36.4 Å². The van der Waals surface area contributed by atoms with Crippen LogP contribution in [0.5, 0.6) is 5.75 Å². The van der Waals surface area contributed by atoms with Crippen LogP contribution < -0.4 is 24.5 Å². The van der Waals surface area contributed by atoms with Gasteiger partial charge in [-0.25, -0.2) is 9.79 Å². The van der Waals surface area contributed by atoms with E-state index in [0.717, 1.165) is 29.9 Å². The molecule has 1 atom stereocenters. The molecule has 0 bridgehead atoms. The van der Waals surface area contributed by atoms with Crippen molar-refractivity contribution in [2.45, 2.75) is 46.8 Å². The number of esters is 1. The van der Waals surface area contributed by atoms with Crippen molar-refractivity contribution in [1.29, 1.82) is 0 Å². The van der Waals surface area contributed by atoms with E-state index in [-0.39, 0.29) is 11.7 Å². The Balaban J connectivity index is 1.90. The summed E-state index contributed by atoms with van der Waals surface area (Å²) in [5.41, 5.74) is 3.19. The van der Waals surface area contributed by atoms with Gasteiger partial charge in [0.05, 0.1) is 35.1 Å². The molecule has 0 saturated heterocycles. The Kier molecular flexibility index (Phi) is 8.43. The molecule has 4 rings (SSSR count). The summed E-state index contributed by atoms with van der Waals surface area (Å²) in [5, 5.41) is 0.563. The standard InChI is InChI=1S/C29H32ClN3O4S/c1-7-32(8-2)22-14-11-20(23(16-22)36-6)15-24-27(34)33-26(19-9-12-21(30)13-10-19)25(28(35)37-17(3)4)18(5)31-29(33)38-24/h9-17,26H,7-8H2,1-6H3/b24-15+. The molecule has 0 spiro atoms. The highest BCUT2D eigenvalue weighted by atomic mass is 35.5. The second-order valence-corrected chi connectivity index (χ2v) is 10.6. The van der Waals surface area contributed by atoms with Gasteiger partial charge in [0.15, 0.2) is 4.80 Å². The Morgan fingerprint density at radius 2 is 1.87 bits per heavy atom. The van der Waals surface area contributed by atoms with Gasteiger partial charge in [0.1, 0.15) is 5.75 Å². The predicted octanol–water partition coefficient (Wildman–Crippen LogP) is 4.70. The minimum atomic E-state index is -0.691. The fraction of sp³-hybridized carbons (Fsp3) is 0.345. The SMILES string of the molecule is CCN(CC)c1ccc(/C=c2/sc3n(c2=O)C(c2ccc(Cl)cc2)C(C(=O)OC(C)C)=C(C)N=3)c(OC)c1. The van der Waals surface area contributed by atoms with Crippen LogP contribution in [0.2, 0.25) is 5.02 Å². The minimum absolute atomic E-state index is 0.245. The van der Waals surface area contributed by atoms with Crippen molar-refractivity contribution in [2.75, 3.05) is 25.1 Å². The van der Waals surface area contributed by atoms with Crippen molar-refractivity contribution in [3.05, 3.63) is 89.6 Å². The number of rotatable bonds is 8. The molecule has 1 aliphatic heterocycles. The molecule has 0 radical (unpaired) electrons. The first-order valence-corrected chi connectivity index (χ1v) is 13.8. The molecule has 0 N–H and O–H groups in total. The fourth-order valence-corrected chi connectivity index (χ4v) is 5.73. The Bertz CT molecular complexity index is 1550. The van der Waals surface area contributed by atoms with Gasteiger partial charge in [-0.2, -0.15) is 0 Å². The van der Waals surface area contributed by atoms with Gasteiger partial charge in [0.25, 0.3) is 5.56 Å². The second-order valence-electron chi connectivity index (χ2n) is 9.19. The van der Waals surface area contributed by atoms with Gasteiger partial charge >= 0.3 is 5.97 Å². The number of ether oxygens (including phenoxy) is 2. The van der Waals surface area contributed by atoms with E-state index in [1.54, 1.807) is 44.6 Å². The van der Waals surface area contributed by atoms with Crippen molar-refractivity contribution < 1.29 is 14.3 Å². The maximum atomic E-state index is 13.9. The van der Waals surface area contributed by atoms with Gasteiger partial charge in [-0.3, -0.25) is 9.36 Å². The molecule has 7 nitrogen and oxygen atoms in total. The molecule has 9 heteroatoms. The van der Waals surface area contributed by atoms with Crippen LogP contribution in [-0.2, 0) is 9.53 Å². The molecule has 0 aliphatic carbocycles. The molecule has 200 valence electrons. The lowest BCUT2D eigenvalue weighted by Gasteiger charge is -2.25. The monoisotopic (exact) mass is 553 g/mol. The summed E-state index contributed by atoms with van der Waals surface area (Å²) in [7, 11) is 1.62. The minimum Gasteiger partial charge on any atom is -0.496 e. The van der Waals surface area contributed by atoms with Crippen molar-refractivity contribution >= 4 is 40.7 Å². The summed E-state index contributed by atoms with van der Waals surface area (Å²) in [5.74, 6) is 0.177. The second kappa shape index (κ2) is 11.6. The zero-order valence-electron chi connectivity index (χ0n) is 22.4. The molecule has 38 heavy (non-hydrogen) atoms. The summed E-state index contributed by atoms with van der Waals surface area (Å²) < 4.78 is 13.3. The zero-order valence-corrected chi connectivity index (χ0v) is 24.0. The van der Waals surface area contributed by atoms with E-state index in [9.17, 15) is 9.59 Å². The van der Waals surface area contributed by atoms with Gasteiger partial charge in [-0.15, -0.1) is 0 Å². The van der Waals surface area contributed by atoms with Gasteiger partial charge in [0.2, 0.25) is 0 Å². The van der Waals surface area contributed by atoms with Crippen LogP contribution in [0.25, 0.3) is 6.08 Å². The number of anilines is 1. The third-order valence-corrected chi connectivity index (χ3v) is 7.64. The van der Waals surface area contributed by atoms with Crippen molar-refractivity contribution in [3.63, 3.8) is 0 Å². The molecule has 1 aromatic heterocycles. The smallest absolute Gasteiger partial charge is 0.338 e. The number of halogens is 1. The van der Waals surface area contributed by atoms with Crippen LogP contribution >= 0.6 is 22.9 Å². The summed E-state index contributed by atoms with van der Waals surface area (Å²) >= 11 is 7.42. The largest absolute Gasteiger partial charge is 0.496 e. The quantitative estimate of drug-likeness (QED) is 0.378. The average Bonchev–Trinajstić information content (AvgIpc) is 3.18. The molecular weight excluding hydrogens is 522 g/mol. The Morgan fingerprint density at radius 3 is 2.47 bits per heavy atom. The highest BCUT2D eigenvalue weighted by Gasteiger charge is 2.33. The summed E-state index contributed by atoms with van der Waals surface area (Å²) in [6, 6.07) is 12.4. The zero-order chi connectivity index (χ0) is 27.6. The highest BCUT2D eigenvalue weighted by molar-refractivity contribution is 7.07. The number of hydrogen-bond acceptors (Lipinski definition) is 7. The number of aromatic nitrogens is 1. The number of allylic oxidation sites excluding steroid dienone is 1. The number of benzene rings is 2. The van der Waals surface area contributed by atoms with Crippen LogP contribution in [0.4, 0.5) is 5.69 Å². The first kappa shape index (κ1) is 27.7. The topological polar surface area (TPSA) is 73.1 Å². The lowest BCUT2D eigenvalue weighted by Crippen LogP contribution is -2.40. The lowest BCUT2D eigenvalue weighted by atomic mass is 9.96. The number of carbonyl (C=O) groups is 1. The molecular formula is C29H32ClN3O4S. The molecule has 1 unspecified atom stereocenters. The number of nitrogens with zero attached hydrogens (tertiary/aromatic N) is 3. The Hall–Kier alpha value is -3.36. The summed E-state index contributed by atoms with van der Waals surface area (Å²) in [4.78, 5) is 34.5. The lowest BCUT2D eigenvalue weighted by molar-refractivity contribution is -0.143. The Morgan fingerprint density at radius 1 is 1.18 bits per heavy atom. The number of methoxy groups -OCH3 is 1. The van der Waals surface area contributed by atoms with Crippen LogP contribution in [0.3, 0.4) is 0 Å². The average molecular weight is 554 g/mol. The molecule has 0 fully saturated rings. The Labute approximate surface area is 231 Å². The summed E-state index contributed by atoms with van der Waals surface area (Å²) in [6.45, 7) is 11.3. The van der Waals surface area contributed by atoms with Gasteiger partial charge in [0, 0.05) is 35.4 Å². The third kappa shape index (κ3) is 5.42. The first-order valence-electron chi connectivity index (χ1n) is 12.6. The van der Waals surface area contributed by atoms with Crippen molar-refractivity contribution in [3.8, 4) is 5.75 Å². The van der Waals surface area contributed by atoms with E-state index in [0.29, 0.717) is 31.4 Å². The first-order chi connectivity index (χ1) is 18.2. The molecule has 1 aliphatic rings. The normalized spacial score (nSPS) is 15.4. The van der Waals surface area contributed by atoms with Gasteiger partial charge in [-0.05, 0) is 70.5 Å². The molecule has 0 saturated carbocycles. The fourth-order valence-electron chi connectivity index (χ4n) is 4.57. The summed E-state index contributed by atoms with van der Waals surface area (Å²) in [6.07, 6.45) is 1.50. The van der Waals surface area contributed by atoms with E-state index in [4.69, 9.17) is 21.1 Å². The maximum absolute atomic E-state index is 13.9. The maximum Gasteiger partial charge on any atom is 0.338 e. The predicted molar refractivity (Wildman–Crippen MR) is 153 cm³/mol. The number of carbonyl (C=O) groups excluding carboxylic acids is 1. The molecule has 2 aromatic carbocycles. The van der Waals surface area contributed by atoms with Crippen LogP contribution in [-0.4, -0.2) is 36.8 Å². The van der Waals surface area contributed by atoms with Crippen molar-refractivity contribution in [1.82, 2.24) is 4.57 Å². The van der Waals surface area contributed by atoms with Gasteiger partial charge < -0.3 is 14.4 Å². The van der Waals surface area contributed by atoms with Crippen LogP contribution in [0.15, 0.2) is 63.5 Å². The van der Waals surface area contributed by atoms with Gasteiger partial charge in [-0.1, -0.05) is 35.1 Å². The number of fused-ring (bicyclic) bond motifs is 1. The van der Waals surface area contributed by atoms with E-state index in [2.05, 4.69) is 23.7 Å². The molecule has 3 aromatic rings. The highest BCUT2D eigenvalue weighted by Crippen LogP contribution is 2.32. The number of hydrogen-bond donors (Lipinski definition) is 0. The third-order valence-electron chi connectivity index (χ3n) is 6.40. The van der Waals surface area contributed by atoms with Crippen molar-refractivity contribution in [2.24, 2.45) is 4.99 Å². The van der Waals surface area contributed by atoms with E-state index in [1.165, 1.54) is 11.3 Å². The van der Waals surface area contributed by atoms with E-state index >= 15 is 0 Å². The number of thiazole rings is 1. The molecule has 2 heterocycles.